The van der Waals surface area contributed by atoms with E-state index in [4.69, 9.17) is 44.3 Å². The third-order valence-electron chi connectivity index (χ3n) is 5.06. The van der Waals surface area contributed by atoms with Crippen LogP contribution in [0.25, 0.3) is 6.08 Å². The minimum atomic E-state index is -0.596. The highest BCUT2D eigenvalue weighted by Crippen LogP contribution is 2.39. The number of carbonyl (C=O) groups excluding carboxylic acids is 3. The smallest absolute Gasteiger partial charge is 0.343 e. The van der Waals surface area contributed by atoms with E-state index in [-0.39, 0.29) is 28.5 Å². The molecule has 1 saturated heterocycles. The summed E-state index contributed by atoms with van der Waals surface area (Å²) in [6.45, 7) is -0.0419. The van der Waals surface area contributed by atoms with Gasteiger partial charge in [0.25, 0.3) is 11.1 Å². The van der Waals surface area contributed by atoms with Crippen LogP contribution in [-0.4, -0.2) is 29.1 Å². The molecule has 0 bridgehead atoms. The number of amides is 2. The molecular formula is C25H15Cl3INO5S. The van der Waals surface area contributed by atoms with Gasteiger partial charge in [0.15, 0.2) is 11.5 Å². The van der Waals surface area contributed by atoms with Gasteiger partial charge in [-0.25, -0.2) is 4.79 Å². The minimum Gasteiger partial charge on any atom is -0.493 e. The van der Waals surface area contributed by atoms with Crippen LogP contribution in [0.1, 0.15) is 21.5 Å². The molecule has 6 nitrogen and oxygen atoms in total. The standard InChI is InChI=1S/C25H15Cl3INO5S/c1-34-20-9-13(8-19(29)22(20)35-24(32)14-4-2-5-15(26)11-14)10-21-23(31)30(25(33)36-21)12-16-17(27)6-3-7-18(16)28/h2-11H,12H2,1H3/b21-10-. The van der Waals surface area contributed by atoms with E-state index >= 15 is 0 Å². The van der Waals surface area contributed by atoms with E-state index in [1.54, 1.807) is 54.6 Å². The number of nitrogens with zero attached hydrogens (tertiary/aromatic N) is 1. The molecular weight excluding hydrogens is 660 g/mol. The Labute approximate surface area is 239 Å². The highest BCUT2D eigenvalue weighted by Gasteiger charge is 2.36. The Morgan fingerprint density at radius 2 is 1.75 bits per heavy atom. The van der Waals surface area contributed by atoms with E-state index in [1.807, 2.05) is 22.6 Å². The van der Waals surface area contributed by atoms with Crippen molar-refractivity contribution < 1.29 is 23.9 Å². The molecule has 4 rings (SSSR count). The Kier molecular flexibility index (Phi) is 8.52. The molecule has 3 aromatic rings. The third kappa shape index (κ3) is 5.84. The summed E-state index contributed by atoms with van der Waals surface area (Å²) in [5.74, 6) is -0.556. The fourth-order valence-corrected chi connectivity index (χ4v) is 5.60. The van der Waals surface area contributed by atoms with Gasteiger partial charge in [-0.2, -0.15) is 0 Å². The van der Waals surface area contributed by atoms with E-state index in [9.17, 15) is 14.4 Å². The van der Waals surface area contributed by atoms with E-state index in [1.165, 1.54) is 13.2 Å². The molecule has 2 amide bonds. The maximum absolute atomic E-state index is 13.0. The number of halogens is 4. The van der Waals surface area contributed by atoms with Gasteiger partial charge in [0, 0.05) is 20.6 Å². The summed E-state index contributed by atoms with van der Waals surface area (Å²) in [4.78, 5) is 39.5. The van der Waals surface area contributed by atoms with Gasteiger partial charge in [0.05, 0.1) is 27.7 Å². The lowest BCUT2D eigenvalue weighted by Gasteiger charge is -2.15. The Morgan fingerprint density at radius 3 is 2.42 bits per heavy atom. The lowest BCUT2D eigenvalue weighted by Crippen LogP contribution is -2.27. The lowest BCUT2D eigenvalue weighted by molar-refractivity contribution is -0.123. The van der Waals surface area contributed by atoms with Crippen molar-refractivity contribution in [3.63, 3.8) is 0 Å². The van der Waals surface area contributed by atoms with Crippen LogP contribution >= 0.6 is 69.2 Å². The summed E-state index contributed by atoms with van der Waals surface area (Å²) in [6.07, 6.45) is 1.58. The predicted octanol–water partition coefficient (Wildman–Crippen LogP) is 7.72. The van der Waals surface area contributed by atoms with Crippen LogP contribution in [0.3, 0.4) is 0 Å². The monoisotopic (exact) mass is 673 g/mol. The molecule has 36 heavy (non-hydrogen) atoms. The number of benzene rings is 3. The Bertz CT molecular complexity index is 1410. The first-order valence-corrected chi connectivity index (χ1v) is 13.2. The van der Waals surface area contributed by atoms with Crippen LogP contribution < -0.4 is 9.47 Å². The van der Waals surface area contributed by atoms with Crippen molar-refractivity contribution >= 4 is 92.3 Å². The normalized spacial score (nSPS) is 14.5. The molecule has 11 heteroatoms. The van der Waals surface area contributed by atoms with Crippen molar-refractivity contribution in [2.75, 3.05) is 7.11 Å². The van der Waals surface area contributed by atoms with Gasteiger partial charge in [0.1, 0.15) is 0 Å². The van der Waals surface area contributed by atoms with Crippen molar-refractivity contribution in [3.8, 4) is 11.5 Å². The van der Waals surface area contributed by atoms with Crippen LogP contribution in [0.15, 0.2) is 59.5 Å². The molecule has 0 atom stereocenters. The van der Waals surface area contributed by atoms with Crippen LogP contribution in [0.2, 0.25) is 15.1 Å². The summed E-state index contributed by atoms with van der Waals surface area (Å²) in [5.41, 5.74) is 1.36. The number of imide groups is 1. The maximum atomic E-state index is 13.0. The topological polar surface area (TPSA) is 72.9 Å². The van der Waals surface area contributed by atoms with Gasteiger partial charge in [-0.15, -0.1) is 0 Å². The number of ether oxygens (including phenoxy) is 2. The lowest BCUT2D eigenvalue weighted by atomic mass is 10.1. The van der Waals surface area contributed by atoms with Crippen LogP contribution in [0, 0.1) is 3.57 Å². The number of hydrogen-bond donors (Lipinski definition) is 0. The second-order valence-corrected chi connectivity index (χ2v) is 10.8. The summed E-state index contributed by atoms with van der Waals surface area (Å²) in [7, 11) is 1.44. The van der Waals surface area contributed by atoms with Crippen molar-refractivity contribution in [3.05, 3.63) is 94.8 Å². The minimum absolute atomic E-state index is 0.0419. The van der Waals surface area contributed by atoms with Gasteiger partial charge in [0.2, 0.25) is 0 Å². The van der Waals surface area contributed by atoms with Gasteiger partial charge in [-0.3, -0.25) is 14.5 Å². The molecule has 1 fully saturated rings. The quantitative estimate of drug-likeness (QED) is 0.115. The fourth-order valence-electron chi connectivity index (χ4n) is 3.32. The maximum Gasteiger partial charge on any atom is 0.343 e. The van der Waals surface area contributed by atoms with Gasteiger partial charge >= 0.3 is 5.97 Å². The summed E-state index contributed by atoms with van der Waals surface area (Å²) in [6, 6.07) is 14.7. The zero-order valence-corrected chi connectivity index (χ0v) is 23.6. The first-order chi connectivity index (χ1) is 17.2. The van der Waals surface area contributed by atoms with Crippen molar-refractivity contribution in [1.82, 2.24) is 4.90 Å². The summed E-state index contributed by atoms with van der Waals surface area (Å²) >= 11 is 21.2. The van der Waals surface area contributed by atoms with Crippen molar-refractivity contribution in [2.24, 2.45) is 0 Å². The molecule has 0 radical (unpaired) electrons. The Morgan fingerprint density at radius 1 is 1.06 bits per heavy atom. The van der Waals surface area contributed by atoms with Gasteiger partial charge in [-0.05, 0) is 88.5 Å². The molecule has 0 unspecified atom stereocenters. The van der Waals surface area contributed by atoms with Crippen LogP contribution in [0.4, 0.5) is 4.79 Å². The predicted molar refractivity (Wildman–Crippen MR) is 150 cm³/mol. The molecule has 1 aliphatic heterocycles. The Balaban J connectivity index is 1.58. The summed E-state index contributed by atoms with van der Waals surface area (Å²) in [5, 5.41) is 0.712. The first-order valence-electron chi connectivity index (χ1n) is 10.2. The third-order valence-corrected chi connectivity index (χ3v) is 7.71. The summed E-state index contributed by atoms with van der Waals surface area (Å²) < 4.78 is 11.6. The zero-order valence-electron chi connectivity index (χ0n) is 18.4. The molecule has 0 spiro atoms. The largest absolute Gasteiger partial charge is 0.493 e. The average Bonchev–Trinajstić information content (AvgIpc) is 3.09. The number of thioether (sulfide) groups is 1. The number of carbonyl (C=O) groups is 3. The van der Waals surface area contributed by atoms with E-state index < -0.39 is 17.1 Å². The zero-order chi connectivity index (χ0) is 26.0. The fraction of sp³-hybridized carbons (Fsp3) is 0.0800. The van der Waals surface area contributed by atoms with E-state index in [2.05, 4.69) is 0 Å². The molecule has 1 aliphatic rings. The average molecular weight is 675 g/mol. The van der Waals surface area contributed by atoms with Gasteiger partial charge in [-0.1, -0.05) is 46.9 Å². The number of esters is 1. The molecule has 0 aliphatic carbocycles. The molecule has 1 heterocycles. The molecule has 184 valence electrons. The van der Waals surface area contributed by atoms with Crippen LogP contribution in [0.5, 0.6) is 11.5 Å². The molecule has 0 aromatic heterocycles. The second-order valence-electron chi connectivity index (χ2n) is 7.40. The first kappa shape index (κ1) is 26.8. The van der Waals surface area contributed by atoms with Crippen LogP contribution in [-0.2, 0) is 11.3 Å². The highest BCUT2D eigenvalue weighted by atomic mass is 127. The molecule has 3 aromatic carbocycles. The SMILES string of the molecule is COc1cc(/C=C2\SC(=O)N(Cc3c(Cl)cccc3Cl)C2=O)cc(I)c1OC(=O)c1cccc(Cl)c1. The van der Waals surface area contributed by atoms with E-state index in [0.29, 0.717) is 29.8 Å². The van der Waals surface area contributed by atoms with Crippen molar-refractivity contribution in [2.45, 2.75) is 6.54 Å². The number of rotatable bonds is 6. The molecule has 0 saturated carbocycles. The second kappa shape index (κ2) is 11.4. The highest BCUT2D eigenvalue weighted by molar-refractivity contribution is 14.1. The van der Waals surface area contributed by atoms with Gasteiger partial charge < -0.3 is 9.47 Å². The number of methoxy groups -OCH3 is 1. The molecule has 0 N–H and O–H groups in total. The van der Waals surface area contributed by atoms with E-state index in [0.717, 1.165) is 16.7 Å². The number of hydrogen-bond acceptors (Lipinski definition) is 6. The Hall–Kier alpha value is -2.24. The van der Waals surface area contributed by atoms with Crippen molar-refractivity contribution in [1.29, 1.82) is 0 Å².